The molecule has 1 aromatic carbocycles. The average molecular weight is 271 g/mol. The lowest BCUT2D eigenvalue weighted by Gasteiger charge is -2.14. The van der Waals surface area contributed by atoms with Gasteiger partial charge < -0.3 is 15.4 Å². The Labute approximate surface area is 113 Å². The summed E-state index contributed by atoms with van der Waals surface area (Å²) in [4.78, 5) is 11.6. The number of nitrogens with one attached hydrogen (secondary N) is 2. The number of carbonyl (C=O) groups excluding carboxylic acids is 1. The summed E-state index contributed by atoms with van der Waals surface area (Å²) < 4.78 is 4.88. The van der Waals surface area contributed by atoms with Gasteiger partial charge in [-0.15, -0.1) is 0 Å². The first kappa shape index (κ1) is 15.0. The van der Waals surface area contributed by atoms with E-state index >= 15 is 0 Å². The average Bonchev–Trinajstić information content (AvgIpc) is 2.35. The molecule has 0 saturated heterocycles. The van der Waals surface area contributed by atoms with Crippen LogP contribution < -0.4 is 10.6 Å². The number of rotatable bonds is 7. The van der Waals surface area contributed by atoms with Gasteiger partial charge in [-0.1, -0.05) is 23.7 Å². The van der Waals surface area contributed by atoms with Crippen LogP contribution in [0.2, 0.25) is 5.02 Å². The van der Waals surface area contributed by atoms with Gasteiger partial charge in [0.15, 0.2) is 0 Å². The number of halogens is 1. The summed E-state index contributed by atoms with van der Waals surface area (Å²) >= 11 is 5.81. The van der Waals surface area contributed by atoms with E-state index in [9.17, 15) is 4.79 Å². The minimum Gasteiger partial charge on any atom is -0.383 e. The molecule has 0 aliphatic rings. The van der Waals surface area contributed by atoms with Crippen molar-refractivity contribution in [2.24, 2.45) is 0 Å². The smallest absolute Gasteiger partial charge is 0.234 e. The Morgan fingerprint density at radius 1 is 1.39 bits per heavy atom. The molecule has 1 unspecified atom stereocenters. The molecule has 1 amide bonds. The molecular formula is C13H19ClN2O2. The van der Waals surface area contributed by atoms with Gasteiger partial charge in [-0.3, -0.25) is 4.79 Å². The monoisotopic (exact) mass is 270 g/mol. The minimum atomic E-state index is -0.0337. The SMILES string of the molecule is COCCNCC(=O)NC(C)c1ccc(Cl)cc1. The first-order chi connectivity index (χ1) is 8.63. The van der Waals surface area contributed by atoms with E-state index in [0.717, 1.165) is 5.56 Å². The lowest BCUT2D eigenvalue weighted by Crippen LogP contribution is -2.36. The van der Waals surface area contributed by atoms with Crippen molar-refractivity contribution in [1.82, 2.24) is 10.6 Å². The Kier molecular flexibility index (Phi) is 6.72. The molecule has 0 bridgehead atoms. The number of methoxy groups -OCH3 is 1. The van der Waals surface area contributed by atoms with Crippen molar-refractivity contribution in [3.05, 3.63) is 34.9 Å². The summed E-state index contributed by atoms with van der Waals surface area (Å²) in [5, 5.41) is 6.59. The third-order valence-corrected chi connectivity index (χ3v) is 2.77. The van der Waals surface area contributed by atoms with Gasteiger partial charge in [-0.25, -0.2) is 0 Å². The molecule has 1 aromatic rings. The zero-order valence-corrected chi connectivity index (χ0v) is 11.5. The standard InChI is InChI=1S/C13H19ClN2O2/c1-10(11-3-5-12(14)6-4-11)16-13(17)9-15-7-8-18-2/h3-6,10,15H,7-9H2,1-2H3,(H,16,17). The molecule has 0 radical (unpaired) electrons. The van der Waals surface area contributed by atoms with Gasteiger partial charge in [0.2, 0.25) is 5.91 Å². The second-order valence-corrected chi connectivity index (χ2v) is 4.45. The maximum absolute atomic E-state index is 11.6. The van der Waals surface area contributed by atoms with E-state index < -0.39 is 0 Å². The van der Waals surface area contributed by atoms with Crippen LogP contribution in [0.4, 0.5) is 0 Å². The van der Waals surface area contributed by atoms with E-state index in [4.69, 9.17) is 16.3 Å². The van der Waals surface area contributed by atoms with Gasteiger partial charge in [-0.2, -0.15) is 0 Å². The number of ether oxygens (including phenoxy) is 1. The summed E-state index contributed by atoms with van der Waals surface area (Å²) in [5.74, 6) is -0.0337. The fourth-order valence-corrected chi connectivity index (χ4v) is 1.63. The Balaban J connectivity index is 2.33. The lowest BCUT2D eigenvalue weighted by molar-refractivity contribution is -0.120. The first-order valence-corrected chi connectivity index (χ1v) is 6.25. The highest BCUT2D eigenvalue weighted by Crippen LogP contribution is 2.15. The fourth-order valence-electron chi connectivity index (χ4n) is 1.50. The van der Waals surface area contributed by atoms with E-state index in [-0.39, 0.29) is 11.9 Å². The molecule has 1 rings (SSSR count). The number of amides is 1. The van der Waals surface area contributed by atoms with Crippen molar-refractivity contribution in [1.29, 1.82) is 0 Å². The second kappa shape index (κ2) is 8.08. The van der Waals surface area contributed by atoms with E-state index in [1.807, 2.05) is 31.2 Å². The highest BCUT2D eigenvalue weighted by Gasteiger charge is 2.08. The number of carbonyl (C=O) groups is 1. The van der Waals surface area contributed by atoms with Crippen molar-refractivity contribution in [2.45, 2.75) is 13.0 Å². The topological polar surface area (TPSA) is 50.4 Å². The van der Waals surface area contributed by atoms with Crippen LogP contribution in [0.3, 0.4) is 0 Å². The third kappa shape index (κ3) is 5.49. The second-order valence-electron chi connectivity index (χ2n) is 4.01. The predicted molar refractivity (Wildman–Crippen MR) is 72.8 cm³/mol. The van der Waals surface area contributed by atoms with Crippen LogP contribution in [0.25, 0.3) is 0 Å². The van der Waals surface area contributed by atoms with Crippen LogP contribution >= 0.6 is 11.6 Å². The van der Waals surface area contributed by atoms with Gasteiger partial charge >= 0.3 is 0 Å². The van der Waals surface area contributed by atoms with Gasteiger partial charge in [0.25, 0.3) is 0 Å². The molecule has 0 fully saturated rings. The summed E-state index contributed by atoms with van der Waals surface area (Å²) in [5.41, 5.74) is 1.03. The zero-order valence-electron chi connectivity index (χ0n) is 10.7. The lowest BCUT2D eigenvalue weighted by atomic mass is 10.1. The molecule has 1 atom stereocenters. The van der Waals surface area contributed by atoms with E-state index in [0.29, 0.717) is 24.7 Å². The minimum absolute atomic E-state index is 0.0287. The van der Waals surface area contributed by atoms with Gasteiger partial charge in [0, 0.05) is 18.7 Å². The molecule has 0 saturated carbocycles. The summed E-state index contributed by atoms with van der Waals surface area (Å²) in [6.45, 7) is 3.50. The summed E-state index contributed by atoms with van der Waals surface area (Å²) in [7, 11) is 1.63. The predicted octanol–water partition coefficient (Wildman–Crippen LogP) is 1.75. The third-order valence-electron chi connectivity index (χ3n) is 2.52. The molecule has 0 aliphatic heterocycles. The Morgan fingerprint density at radius 3 is 2.67 bits per heavy atom. The van der Waals surface area contributed by atoms with Crippen LogP contribution in [-0.2, 0) is 9.53 Å². The highest BCUT2D eigenvalue weighted by molar-refractivity contribution is 6.30. The summed E-state index contributed by atoms with van der Waals surface area (Å²) in [6, 6.07) is 7.42. The van der Waals surface area contributed by atoms with Gasteiger partial charge in [0.05, 0.1) is 19.2 Å². The first-order valence-electron chi connectivity index (χ1n) is 5.88. The quantitative estimate of drug-likeness (QED) is 0.743. The Morgan fingerprint density at radius 2 is 2.06 bits per heavy atom. The molecular weight excluding hydrogens is 252 g/mol. The van der Waals surface area contributed by atoms with Gasteiger partial charge in [-0.05, 0) is 24.6 Å². The van der Waals surface area contributed by atoms with E-state index in [1.54, 1.807) is 7.11 Å². The van der Waals surface area contributed by atoms with Crippen molar-refractivity contribution >= 4 is 17.5 Å². The normalized spacial score (nSPS) is 12.2. The van der Waals surface area contributed by atoms with Crippen LogP contribution in [0, 0.1) is 0 Å². The van der Waals surface area contributed by atoms with E-state index in [2.05, 4.69) is 10.6 Å². The van der Waals surface area contributed by atoms with Crippen LogP contribution in [-0.4, -0.2) is 32.7 Å². The van der Waals surface area contributed by atoms with Crippen molar-refractivity contribution in [3.8, 4) is 0 Å². The molecule has 4 nitrogen and oxygen atoms in total. The van der Waals surface area contributed by atoms with Crippen LogP contribution in [0.5, 0.6) is 0 Å². The molecule has 0 spiro atoms. The molecule has 18 heavy (non-hydrogen) atoms. The van der Waals surface area contributed by atoms with Crippen molar-refractivity contribution in [2.75, 3.05) is 26.8 Å². The fraction of sp³-hybridized carbons (Fsp3) is 0.462. The molecule has 5 heteroatoms. The molecule has 0 heterocycles. The van der Waals surface area contributed by atoms with Crippen molar-refractivity contribution < 1.29 is 9.53 Å². The Hall–Kier alpha value is -1.10. The van der Waals surface area contributed by atoms with Crippen molar-refractivity contribution in [3.63, 3.8) is 0 Å². The molecule has 0 aliphatic carbocycles. The highest BCUT2D eigenvalue weighted by atomic mass is 35.5. The zero-order chi connectivity index (χ0) is 13.4. The molecule has 100 valence electrons. The van der Waals surface area contributed by atoms with Crippen LogP contribution in [0.15, 0.2) is 24.3 Å². The van der Waals surface area contributed by atoms with Crippen LogP contribution in [0.1, 0.15) is 18.5 Å². The molecule has 0 aromatic heterocycles. The maximum Gasteiger partial charge on any atom is 0.234 e. The molecule has 2 N–H and O–H groups in total. The number of hydrogen-bond donors (Lipinski definition) is 2. The number of benzene rings is 1. The maximum atomic E-state index is 11.6. The van der Waals surface area contributed by atoms with Gasteiger partial charge in [0.1, 0.15) is 0 Å². The Bertz CT molecular complexity index is 368. The largest absolute Gasteiger partial charge is 0.383 e. The van der Waals surface area contributed by atoms with E-state index in [1.165, 1.54) is 0 Å². The summed E-state index contributed by atoms with van der Waals surface area (Å²) in [6.07, 6.45) is 0. The number of hydrogen-bond acceptors (Lipinski definition) is 3.